The summed E-state index contributed by atoms with van der Waals surface area (Å²) in [5, 5.41) is 6.37. The van der Waals surface area contributed by atoms with E-state index in [1.54, 1.807) is 26.0 Å². The van der Waals surface area contributed by atoms with E-state index in [1.165, 1.54) is 33.1 Å². The van der Waals surface area contributed by atoms with Crippen LogP contribution in [0.1, 0.15) is 51.5 Å². The number of carbonyl (C=O) groups excluding carboxylic acids is 2. The number of piperidine rings is 1. The molecule has 2 aliphatic heterocycles. The van der Waals surface area contributed by atoms with Gasteiger partial charge in [0.2, 0.25) is 0 Å². The number of esters is 2. The molecule has 0 saturated carbocycles. The predicted octanol–water partition coefficient (Wildman–Crippen LogP) is 4.03. The summed E-state index contributed by atoms with van der Waals surface area (Å²) >= 11 is 5.41. The van der Waals surface area contributed by atoms with Crippen molar-refractivity contribution < 1.29 is 23.5 Å². The highest BCUT2D eigenvalue weighted by molar-refractivity contribution is 7.80. The van der Waals surface area contributed by atoms with Gasteiger partial charge in [-0.05, 0) is 88.6 Å². The van der Waals surface area contributed by atoms with Gasteiger partial charge in [-0.2, -0.15) is 0 Å². The fourth-order valence-corrected chi connectivity index (χ4v) is 5.21. The van der Waals surface area contributed by atoms with Crippen LogP contribution in [0, 0.1) is 17.7 Å². The van der Waals surface area contributed by atoms with Gasteiger partial charge < -0.3 is 25.0 Å². The molecule has 2 atom stereocenters. The standard InChI is InChI=1S/C27H37FN4O4S/c1-16-9-13-32(14-10-16)12-6-11-29-27(37)31-21-15-19(7-8-20(21)28)24-22(25(33)35-4)17(2)30-18(3)23(24)26(34)36-5/h7-8,15-16,22,24H,6,9-14H2,1-5H3,(H2,29,31,37). The van der Waals surface area contributed by atoms with Gasteiger partial charge in [-0.15, -0.1) is 0 Å². The summed E-state index contributed by atoms with van der Waals surface area (Å²) in [4.78, 5) is 32.3. The summed E-state index contributed by atoms with van der Waals surface area (Å²) in [6, 6.07) is 4.40. The lowest BCUT2D eigenvalue weighted by Crippen LogP contribution is -2.36. The quantitative estimate of drug-likeness (QED) is 0.295. The van der Waals surface area contributed by atoms with Crippen molar-refractivity contribution in [1.29, 1.82) is 0 Å². The van der Waals surface area contributed by atoms with E-state index in [2.05, 4.69) is 27.4 Å². The van der Waals surface area contributed by atoms with Crippen molar-refractivity contribution in [1.82, 2.24) is 10.2 Å². The fourth-order valence-electron chi connectivity index (χ4n) is 4.99. The van der Waals surface area contributed by atoms with E-state index in [0.29, 0.717) is 28.6 Å². The second-order valence-electron chi connectivity index (χ2n) is 9.72. The van der Waals surface area contributed by atoms with Gasteiger partial charge in [0, 0.05) is 23.9 Å². The first-order valence-corrected chi connectivity index (χ1v) is 13.1. The number of ether oxygens (including phenoxy) is 2. The number of carbonyl (C=O) groups is 2. The number of thiocarbonyl (C=S) groups is 1. The second kappa shape index (κ2) is 13.1. The van der Waals surface area contributed by atoms with E-state index >= 15 is 0 Å². The molecule has 2 aliphatic rings. The molecular formula is C27H37FN4O4S. The predicted molar refractivity (Wildman–Crippen MR) is 146 cm³/mol. The van der Waals surface area contributed by atoms with Gasteiger partial charge in [0.25, 0.3) is 0 Å². The van der Waals surface area contributed by atoms with Crippen LogP contribution in [0.5, 0.6) is 0 Å². The normalized spacial score (nSPS) is 20.8. The van der Waals surface area contributed by atoms with Crippen LogP contribution < -0.4 is 10.6 Å². The molecule has 2 heterocycles. The molecule has 0 spiro atoms. The maximum atomic E-state index is 14.8. The largest absolute Gasteiger partial charge is 0.468 e. The van der Waals surface area contributed by atoms with Crippen molar-refractivity contribution in [2.75, 3.05) is 45.7 Å². The number of hydrogen-bond donors (Lipinski definition) is 2. The summed E-state index contributed by atoms with van der Waals surface area (Å²) in [7, 11) is 2.55. The van der Waals surface area contributed by atoms with Gasteiger partial charge in [0.15, 0.2) is 5.11 Å². The lowest BCUT2D eigenvalue weighted by Gasteiger charge is -2.31. The number of rotatable bonds is 8. The number of hydrogen-bond acceptors (Lipinski definition) is 7. The van der Waals surface area contributed by atoms with Gasteiger partial charge >= 0.3 is 11.9 Å². The van der Waals surface area contributed by atoms with Gasteiger partial charge in [-0.1, -0.05) is 13.0 Å². The van der Waals surface area contributed by atoms with E-state index in [4.69, 9.17) is 21.7 Å². The van der Waals surface area contributed by atoms with Gasteiger partial charge in [-0.3, -0.25) is 9.79 Å². The molecule has 1 saturated heterocycles. The number of nitrogens with one attached hydrogen (secondary N) is 2. The molecule has 0 amide bonds. The fraction of sp³-hybridized carbons (Fsp3) is 0.556. The first-order valence-electron chi connectivity index (χ1n) is 12.6. The summed E-state index contributed by atoms with van der Waals surface area (Å²) in [5.41, 5.74) is 1.85. The lowest BCUT2D eigenvalue weighted by atomic mass is 9.75. The molecule has 0 radical (unpaired) electrons. The molecule has 1 aromatic rings. The Balaban J connectivity index is 1.74. The number of aliphatic imine (C=N–C) groups is 1. The van der Waals surface area contributed by atoms with Crippen LogP contribution in [0.3, 0.4) is 0 Å². The van der Waals surface area contributed by atoms with Crippen LogP contribution in [0.2, 0.25) is 0 Å². The molecule has 8 nitrogen and oxygen atoms in total. The molecule has 10 heteroatoms. The Hall–Kier alpha value is -2.85. The van der Waals surface area contributed by atoms with Crippen LogP contribution in [0.15, 0.2) is 34.5 Å². The third-order valence-corrected chi connectivity index (χ3v) is 7.35. The number of methoxy groups -OCH3 is 2. The molecule has 1 fully saturated rings. The number of anilines is 1. The van der Waals surface area contributed by atoms with Crippen LogP contribution >= 0.6 is 12.2 Å². The average molecular weight is 533 g/mol. The van der Waals surface area contributed by atoms with Crippen LogP contribution in [0.4, 0.5) is 10.1 Å². The molecule has 37 heavy (non-hydrogen) atoms. The van der Waals surface area contributed by atoms with Crippen molar-refractivity contribution >= 4 is 40.7 Å². The van der Waals surface area contributed by atoms with Crippen molar-refractivity contribution in [3.8, 4) is 0 Å². The Morgan fingerprint density at radius 2 is 1.89 bits per heavy atom. The maximum Gasteiger partial charge on any atom is 0.336 e. The van der Waals surface area contributed by atoms with E-state index in [9.17, 15) is 14.0 Å². The minimum atomic E-state index is -0.857. The minimum Gasteiger partial charge on any atom is -0.468 e. The monoisotopic (exact) mass is 532 g/mol. The summed E-state index contributed by atoms with van der Waals surface area (Å²) < 4.78 is 24.8. The first kappa shape index (κ1) is 28.7. The zero-order valence-corrected chi connectivity index (χ0v) is 23.0. The summed E-state index contributed by atoms with van der Waals surface area (Å²) in [5.74, 6) is -2.47. The highest BCUT2D eigenvalue weighted by atomic mass is 32.1. The lowest BCUT2D eigenvalue weighted by molar-refractivity contribution is -0.143. The Bertz CT molecular complexity index is 1080. The molecule has 2 unspecified atom stereocenters. The van der Waals surface area contributed by atoms with E-state index in [1.807, 2.05) is 0 Å². The van der Waals surface area contributed by atoms with E-state index < -0.39 is 29.6 Å². The van der Waals surface area contributed by atoms with Crippen LogP contribution in [-0.2, 0) is 19.1 Å². The SMILES string of the molecule is COC(=O)C1=C(C)N=C(C)C(C(=O)OC)C1c1ccc(F)c(NC(=S)NCCCN2CCC(C)CC2)c1. The number of nitrogens with zero attached hydrogens (tertiary/aromatic N) is 2. The summed E-state index contributed by atoms with van der Waals surface area (Å²) in [6.45, 7) is 9.59. The van der Waals surface area contributed by atoms with E-state index in [0.717, 1.165) is 32.0 Å². The number of likely N-dealkylation sites (tertiary alicyclic amines) is 1. The van der Waals surface area contributed by atoms with E-state index in [-0.39, 0.29) is 11.3 Å². The first-order chi connectivity index (χ1) is 17.7. The molecule has 2 N–H and O–H groups in total. The van der Waals surface area contributed by atoms with Crippen LogP contribution in [-0.4, -0.2) is 68.1 Å². The zero-order valence-electron chi connectivity index (χ0n) is 22.2. The number of benzene rings is 1. The Morgan fingerprint density at radius 1 is 1.19 bits per heavy atom. The second-order valence-corrected chi connectivity index (χ2v) is 10.1. The Kier molecular flexibility index (Phi) is 10.2. The smallest absolute Gasteiger partial charge is 0.336 e. The highest BCUT2D eigenvalue weighted by Gasteiger charge is 2.42. The molecule has 202 valence electrons. The third-order valence-electron chi connectivity index (χ3n) is 7.10. The number of halogens is 1. The van der Waals surface area contributed by atoms with Gasteiger partial charge in [0.05, 0.1) is 25.5 Å². The molecule has 0 bridgehead atoms. The third kappa shape index (κ3) is 7.13. The molecule has 1 aromatic carbocycles. The van der Waals surface area contributed by atoms with Crippen molar-refractivity contribution in [3.05, 3.63) is 40.8 Å². The van der Waals surface area contributed by atoms with Crippen molar-refractivity contribution in [2.45, 2.75) is 46.0 Å². The Morgan fingerprint density at radius 3 is 2.54 bits per heavy atom. The van der Waals surface area contributed by atoms with Gasteiger partial charge in [0.1, 0.15) is 11.7 Å². The zero-order chi connectivity index (χ0) is 27.1. The molecule has 0 aromatic heterocycles. The Labute approximate surface area is 223 Å². The molecular weight excluding hydrogens is 495 g/mol. The van der Waals surface area contributed by atoms with Crippen molar-refractivity contribution in [2.24, 2.45) is 16.8 Å². The maximum absolute atomic E-state index is 14.8. The molecule has 0 aliphatic carbocycles. The highest BCUT2D eigenvalue weighted by Crippen LogP contribution is 2.41. The van der Waals surface area contributed by atoms with Crippen molar-refractivity contribution in [3.63, 3.8) is 0 Å². The average Bonchev–Trinajstić information content (AvgIpc) is 2.87. The minimum absolute atomic E-state index is 0.144. The van der Waals surface area contributed by atoms with Crippen LogP contribution in [0.25, 0.3) is 0 Å². The summed E-state index contributed by atoms with van der Waals surface area (Å²) in [6.07, 6.45) is 3.39. The van der Waals surface area contributed by atoms with Gasteiger partial charge in [-0.25, -0.2) is 9.18 Å². The molecule has 3 rings (SSSR count). The number of allylic oxidation sites excluding steroid dienone is 1. The topological polar surface area (TPSA) is 92.3 Å².